The maximum absolute atomic E-state index is 12.8. The first kappa shape index (κ1) is 21.4. The van der Waals surface area contributed by atoms with Gasteiger partial charge in [0.05, 0.1) is 18.1 Å². The van der Waals surface area contributed by atoms with Crippen LogP contribution in [0.5, 0.6) is 0 Å². The van der Waals surface area contributed by atoms with Gasteiger partial charge in [0.25, 0.3) is 0 Å². The molecule has 0 atom stereocenters. The Bertz CT molecular complexity index is 1280. The number of likely N-dealkylation sites (tertiary alicyclic amines) is 1. The maximum Gasteiger partial charge on any atom is 0.197 e. The van der Waals surface area contributed by atoms with Gasteiger partial charge in [0.1, 0.15) is 23.5 Å². The van der Waals surface area contributed by atoms with Crippen LogP contribution >= 0.6 is 0 Å². The van der Waals surface area contributed by atoms with Crippen LogP contribution in [0.25, 0.3) is 22.2 Å². The Morgan fingerprint density at radius 3 is 2.76 bits per heavy atom. The second-order valence-corrected chi connectivity index (χ2v) is 8.91. The highest BCUT2D eigenvalue weighted by Gasteiger charge is 2.26. The number of oxazole rings is 1. The summed E-state index contributed by atoms with van der Waals surface area (Å²) in [6, 6.07) is 6.39. The summed E-state index contributed by atoms with van der Waals surface area (Å²) in [5.41, 5.74) is 2.78. The molecule has 0 amide bonds. The van der Waals surface area contributed by atoms with Crippen LogP contribution in [0.1, 0.15) is 54.8 Å². The molecule has 0 spiro atoms. The Labute approximate surface area is 191 Å². The Morgan fingerprint density at radius 1 is 1.21 bits per heavy atom. The number of fused-ring (bicyclic) bond motifs is 1. The monoisotopic (exact) mass is 445 g/mol. The van der Waals surface area contributed by atoms with Crippen LogP contribution in [0.3, 0.4) is 0 Å². The highest BCUT2D eigenvalue weighted by atomic mass is 16.3. The fraction of sp³-hybridized carbons (Fsp3) is 0.417. The first-order valence-electron chi connectivity index (χ1n) is 11.3. The summed E-state index contributed by atoms with van der Waals surface area (Å²) in [4.78, 5) is 28.8. The third-order valence-electron chi connectivity index (χ3n) is 6.27. The lowest BCUT2D eigenvalue weighted by Gasteiger charge is -2.33. The molecule has 0 radical (unpaired) electrons. The van der Waals surface area contributed by atoms with Crippen molar-refractivity contribution in [2.45, 2.75) is 45.1 Å². The minimum absolute atomic E-state index is 0.0725. The van der Waals surface area contributed by atoms with E-state index in [1.54, 1.807) is 10.9 Å². The average molecular weight is 446 g/mol. The number of hydrogen-bond acceptors (Lipinski definition) is 8. The molecule has 0 N–H and O–H groups in total. The molecule has 9 heteroatoms. The van der Waals surface area contributed by atoms with E-state index < -0.39 is 0 Å². The number of carbonyl (C=O) groups is 1. The Kier molecular flexibility index (Phi) is 5.72. The highest BCUT2D eigenvalue weighted by molar-refractivity contribution is 5.95. The molecule has 0 unspecified atom stereocenters. The zero-order valence-corrected chi connectivity index (χ0v) is 19.1. The topological polar surface area (TPSA) is 103 Å². The molecule has 0 saturated carbocycles. The molecule has 3 aromatic heterocycles. The van der Waals surface area contributed by atoms with Crippen LogP contribution < -0.4 is 0 Å². The van der Waals surface area contributed by atoms with Gasteiger partial charge in [-0.05, 0) is 45.8 Å². The number of aryl methyl sites for hydroxylation is 1. The summed E-state index contributed by atoms with van der Waals surface area (Å²) in [5, 5.41) is 9.03. The third kappa shape index (κ3) is 4.54. The van der Waals surface area contributed by atoms with Gasteiger partial charge in [-0.15, -0.1) is 5.10 Å². The number of ketones is 1. The largest absolute Gasteiger partial charge is 0.448 e. The van der Waals surface area contributed by atoms with E-state index in [4.69, 9.17) is 4.42 Å². The number of piperidine rings is 1. The summed E-state index contributed by atoms with van der Waals surface area (Å²) in [6.45, 7) is 6.48. The number of carbonyl (C=O) groups excluding carboxylic acids is 1. The van der Waals surface area contributed by atoms with Crippen molar-refractivity contribution < 1.29 is 9.21 Å². The minimum Gasteiger partial charge on any atom is -0.448 e. The van der Waals surface area contributed by atoms with Crippen LogP contribution in [0.15, 0.2) is 41.3 Å². The number of rotatable bonds is 6. The molecule has 9 nitrogen and oxygen atoms in total. The second-order valence-electron chi connectivity index (χ2n) is 8.91. The summed E-state index contributed by atoms with van der Waals surface area (Å²) >= 11 is 0. The molecule has 33 heavy (non-hydrogen) atoms. The average Bonchev–Trinajstić information content (AvgIpc) is 3.48. The van der Waals surface area contributed by atoms with E-state index >= 15 is 0 Å². The van der Waals surface area contributed by atoms with Crippen molar-refractivity contribution in [3.05, 3.63) is 54.3 Å². The van der Waals surface area contributed by atoms with Crippen molar-refractivity contribution in [2.24, 2.45) is 7.05 Å². The zero-order chi connectivity index (χ0) is 22.9. The molecular formula is C24H27N7O2. The van der Waals surface area contributed by atoms with Gasteiger partial charge < -0.3 is 9.32 Å². The predicted molar refractivity (Wildman–Crippen MR) is 123 cm³/mol. The molecule has 0 bridgehead atoms. The molecule has 1 aliphatic rings. The molecular weight excluding hydrogens is 418 g/mol. The van der Waals surface area contributed by atoms with Gasteiger partial charge in [-0.2, -0.15) is 0 Å². The van der Waals surface area contributed by atoms with Crippen molar-refractivity contribution in [3.63, 3.8) is 0 Å². The van der Waals surface area contributed by atoms with E-state index in [1.165, 1.54) is 6.26 Å². The SMILES string of the molecule is CC(C)N1CCC(c2nc(C(=O)Cc3ncc4ccc(-c5cn(C)nn5)cc4n3)co2)CC1. The molecule has 5 rings (SSSR count). The molecule has 1 aliphatic heterocycles. The zero-order valence-electron chi connectivity index (χ0n) is 19.1. The summed E-state index contributed by atoms with van der Waals surface area (Å²) in [7, 11) is 1.83. The van der Waals surface area contributed by atoms with E-state index in [0.717, 1.165) is 48.1 Å². The molecule has 1 saturated heterocycles. The van der Waals surface area contributed by atoms with Gasteiger partial charge in [0.15, 0.2) is 11.7 Å². The fourth-order valence-corrected chi connectivity index (χ4v) is 4.29. The number of nitrogens with zero attached hydrogens (tertiary/aromatic N) is 7. The molecule has 0 aliphatic carbocycles. The quantitative estimate of drug-likeness (QED) is 0.416. The van der Waals surface area contributed by atoms with Crippen LogP contribution in [0, 0.1) is 0 Å². The normalized spacial score (nSPS) is 15.5. The van der Waals surface area contributed by atoms with Gasteiger partial charge >= 0.3 is 0 Å². The van der Waals surface area contributed by atoms with Crippen LogP contribution in [-0.2, 0) is 13.5 Å². The summed E-state index contributed by atoms with van der Waals surface area (Å²) in [5.74, 6) is 1.24. The number of hydrogen-bond donors (Lipinski definition) is 0. The fourth-order valence-electron chi connectivity index (χ4n) is 4.29. The van der Waals surface area contributed by atoms with E-state index in [0.29, 0.717) is 23.5 Å². The summed E-state index contributed by atoms with van der Waals surface area (Å²) in [6.07, 6.45) is 7.12. The standard InChI is InChI=1S/C24H27N7O2/c1-15(2)31-8-6-16(7-9-31)24-27-21(14-33-24)22(32)11-23-25-12-18-5-4-17(10-19(18)26-23)20-13-30(3)29-28-20/h4-5,10,12-16H,6-9,11H2,1-3H3. The Morgan fingerprint density at radius 2 is 2.03 bits per heavy atom. The second kappa shape index (κ2) is 8.82. The van der Waals surface area contributed by atoms with Gasteiger partial charge in [-0.1, -0.05) is 17.3 Å². The number of Topliss-reactive ketones (excluding diaryl/α,β-unsaturated/α-hetero) is 1. The predicted octanol–water partition coefficient (Wildman–Crippen LogP) is 3.43. The lowest BCUT2D eigenvalue weighted by atomic mass is 9.96. The first-order chi connectivity index (χ1) is 16.0. The van der Waals surface area contributed by atoms with Gasteiger partial charge in [0.2, 0.25) is 0 Å². The molecule has 4 heterocycles. The van der Waals surface area contributed by atoms with E-state index in [1.807, 2.05) is 31.4 Å². The third-order valence-corrected chi connectivity index (χ3v) is 6.27. The minimum atomic E-state index is -0.144. The molecule has 170 valence electrons. The van der Waals surface area contributed by atoms with E-state index in [-0.39, 0.29) is 18.1 Å². The van der Waals surface area contributed by atoms with Gasteiger partial charge in [-0.25, -0.2) is 15.0 Å². The van der Waals surface area contributed by atoms with E-state index in [9.17, 15) is 4.79 Å². The lowest BCUT2D eigenvalue weighted by molar-refractivity contribution is 0.0986. The highest BCUT2D eigenvalue weighted by Crippen LogP contribution is 2.28. The van der Waals surface area contributed by atoms with Crippen molar-refractivity contribution in [3.8, 4) is 11.3 Å². The number of benzene rings is 1. The van der Waals surface area contributed by atoms with Crippen molar-refractivity contribution >= 4 is 16.7 Å². The van der Waals surface area contributed by atoms with Crippen LogP contribution in [-0.4, -0.2) is 59.8 Å². The summed E-state index contributed by atoms with van der Waals surface area (Å²) < 4.78 is 7.35. The van der Waals surface area contributed by atoms with Gasteiger partial charge in [-0.3, -0.25) is 9.48 Å². The molecule has 1 aromatic carbocycles. The smallest absolute Gasteiger partial charge is 0.197 e. The Hall–Kier alpha value is -3.46. The Balaban J connectivity index is 1.29. The lowest BCUT2D eigenvalue weighted by Crippen LogP contribution is -2.37. The van der Waals surface area contributed by atoms with Crippen molar-refractivity contribution in [1.82, 2.24) is 34.8 Å². The van der Waals surface area contributed by atoms with Crippen LogP contribution in [0.2, 0.25) is 0 Å². The maximum atomic E-state index is 12.8. The van der Waals surface area contributed by atoms with E-state index in [2.05, 4.69) is 44.0 Å². The van der Waals surface area contributed by atoms with Crippen molar-refractivity contribution in [1.29, 1.82) is 0 Å². The van der Waals surface area contributed by atoms with Gasteiger partial charge in [0, 0.05) is 36.2 Å². The van der Waals surface area contributed by atoms with Crippen LogP contribution in [0.4, 0.5) is 0 Å². The molecule has 4 aromatic rings. The number of aromatic nitrogens is 6. The molecule has 1 fully saturated rings. The van der Waals surface area contributed by atoms with Crippen molar-refractivity contribution in [2.75, 3.05) is 13.1 Å². The first-order valence-corrected chi connectivity index (χ1v) is 11.3.